The summed E-state index contributed by atoms with van der Waals surface area (Å²) in [7, 11) is 1.68. The zero-order valence-corrected chi connectivity index (χ0v) is 13.6. The van der Waals surface area contributed by atoms with Crippen LogP contribution in [0.2, 0.25) is 0 Å². The third-order valence-corrected chi connectivity index (χ3v) is 4.79. The highest BCUT2D eigenvalue weighted by atomic mass is 16.5. The molecule has 2 aromatic rings. The second-order valence-electron chi connectivity index (χ2n) is 6.18. The van der Waals surface area contributed by atoms with Crippen LogP contribution in [-0.4, -0.2) is 12.2 Å². The van der Waals surface area contributed by atoms with E-state index in [9.17, 15) is 5.11 Å². The molecule has 0 unspecified atom stereocenters. The van der Waals surface area contributed by atoms with Crippen molar-refractivity contribution in [2.24, 2.45) is 5.92 Å². The van der Waals surface area contributed by atoms with Crippen molar-refractivity contribution in [3.05, 3.63) is 83.9 Å². The SMILES string of the molecule is CO[C@H](c1ccccc1)[C@@](O)(c1ccccc1)[C@H]1C=CCCC1. The second-order valence-corrected chi connectivity index (χ2v) is 6.18. The fraction of sp³-hybridized carbons (Fsp3) is 0.333. The summed E-state index contributed by atoms with van der Waals surface area (Å²) in [5, 5.41) is 11.8. The van der Waals surface area contributed by atoms with Crippen molar-refractivity contribution in [2.75, 3.05) is 7.11 Å². The summed E-state index contributed by atoms with van der Waals surface area (Å²) in [6, 6.07) is 19.9. The molecule has 0 aromatic heterocycles. The van der Waals surface area contributed by atoms with Crippen LogP contribution in [0.3, 0.4) is 0 Å². The molecule has 1 aliphatic rings. The molecule has 1 N–H and O–H groups in total. The maximum atomic E-state index is 11.8. The van der Waals surface area contributed by atoms with Crippen LogP contribution in [0.25, 0.3) is 0 Å². The van der Waals surface area contributed by atoms with E-state index in [0.717, 1.165) is 30.4 Å². The lowest BCUT2D eigenvalue weighted by molar-refractivity contribution is -0.130. The topological polar surface area (TPSA) is 29.5 Å². The van der Waals surface area contributed by atoms with Gasteiger partial charge in [-0.25, -0.2) is 0 Å². The Morgan fingerprint density at radius 2 is 1.70 bits per heavy atom. The average molecular weight is 308 g/mol. The Hall–Kier alpha value is -1.90. The van der Waals surface area contributed by atoms with E-state index < -0.39 is 11.7 Å². The van der Waals surface area contributed by atoms with Crippen LogP contribution in [0.1, 0.15) is 36.5 Å². The van der Waals surface area contributed by atoms with Gasteiger partial charge in [-0.2, -0.15) is 0 Å². The fourth-order valence-electron chi connectivity index (χ4n) is 3.64. The van der Waals surface area contributed by atoms with E-state index in [2.05, 4.69) is 12.2 Å². The first-order valence-electron chi connectivity index (χ1n) is 8.29. The predicted molar refractivity (Wildman–Crippen MR) is 93.0 cm³/mol. The zero-order chi connectivity index (χ0) is 16.1. The Labute approximate surface area is 138 Å². The summed E-state index contributed by atoms with van der Waals surface area (Å²) < 4.78 is 5.83. The zero-order valence-electron chi connectivity index (χ0n) is 13.6. The molecule has 0 saturated carbocycles. The van der Waals surface area contributed by atoms with Gasteiger partial charge in [0.05, 0.1) is 0 Å². The van der Waals surface area contributed by atoms with Crippen molar-refractivity contribution >= 4 is 0 Å². The maximum absolute atomic E-state index is 11.8. The first-order chi connectivity index (χ1) is 11.3. The molecule has 0 bridgehead atoms. The highest BCUT2D eigenvalue weighted by Crippen LogP contribution is 2.46. The first-order valence-corrected chi connectivity index (χ1v) is 8.29. The van der Waals surface area contributed by atoms with Crippen molar-refractivity contribution in [3.8, 4) is 0 Å². The van der Waals surface area contributed by atoms with Gasteiger partial charge in [0.15, 0.2) is 0 Å². The molecular weight excluding hydrogens is 284 g/mol. The monoisotopic (exact) mass is 308 g/mol. The highest BCUT2D eigenvalue weighted by Gasteiger charge is 2.45. The summed E-state index contributed by atoms with van der Waals surface area (Å²) in [6.45, 7) is 0. The quantitative estimate of drug-likeness (QED) is 0.817. The number of hydrogen-bond acceptors (Lipinski definition) is 2. The van der Waals surface area contributed by atoms with E-state index in [1.54, 1.807) is 7.11 Å². The van der Waals surface area contributed by atoms with Crippen molar-refractivity contribution < 1.29 is 9.84 Å². The van der Waals surface area contributed by atoms with Crippen molar-refractivity contribution in [1.29, 1.82) is 0 Å². The molecule has 120 valence electrons. The van der Waals surface area contributed by atoms with Gasteiger partial charge in [0.25, 0.3) is 0 Å². The van der Waals surface area contributed by atoms with Crippen LogP contribution in [-0.2, 0) is 10.3 Å². The molecule has 0 saturated heterocycles. The normalized spacial score (nSPS) is 21.6. The molecule has 0 spiro atoms. The number of benzene rings is 2. The van der Waals surface area contributed by atoms with Crippen LogP contribution < -0.4 is 0 Å². The van der Waals surface area contributed by atoms with Crippen molar-refractivity contribution in [3.63, 3.8) is 0 Å². The van der Waals surface area contributed by atoms with E-state index in [0.29, 0.717) is 0 Å². The van der Waals surface area contributed by atoms with Gasteiger partial charge in [0.2, 0.25) is 0 Å². The van der Waals surface area contributed by atoms with Gasteiger partial charge in [0, 0.05) is 13.0 Å². The molecule has 0 aliphatic heterocycles. The van der Waals surface area contributed by atoms with Crippen LogP contribution >= 0.6 is 0 Å². The third kappa shape index (κ3) is 3.10. The van der Waals surface area contributed by atoms with Crippen LogP contribution in [0.15, 0.2) is 72.8 Å². The molecular formula is C21H24O2. The number of hydrogen-bond donors (Lipinski definition) is 1. The number of aliphatic hydroxyl groups is 1. The molecule has 3 rings (SSSR count). The smallest absolute Gasteiger partial charge is 0.126 e. The summed E-state index contributed by atoms with van der Waals surface area (Å²) in [6.07, 6.45) is 7.09. The molecule has 0 fully saturated rings. The van der Waals surface area contributed by atoms with Crippen molar-refractivity contribution in [1.82, 2.24) is 0 Å². The Morgan fingerprint density at radius 3 is 2.26 bits per heavy atom. The van der Waals surface area contributed by atoms with Gasteiger partial charge in [-0.15, -0.1) is 0 Å². The molecule has 3 atom stereocenters. The molecule has 0 amide bonds. The Bertz CT molecular complexity index is 635. The molecule has 2 heteroatoms. The summed E-state index contributed by atoms with van der Waals surface area (Å²) >= 11 is 0. The van der Waals surface area contributed by atoms with E-state index in [4.69, 9.17) is 4.74 Å². The fourth-order valence-corrected chi connectivity index (χ4v) is 3.64. The van der Waals surface area contributed by atoms with E-state index in [-0.39, 0.29) is 5.92 Å². The highest BCUT2D eigenvalue weighted by molar-refractivity contribution is 5.32. The van der Waals surface area contributed by atoms with Gasteiger partial charge in [-0.3, -0.25) is 0 Å². The van der Waals surface area contributed by atoms with Gasteiger partial charge in [-0.1, -0.05) is 72.8 Å². The lowest BCUT2D eigenvalue weighted by Gasteiger charge is -2.42. The molecule has 1 aliphatic carbocycles. The minimum absolute atomic E-state index is 0.0452. The van der Waals surface area contributed by atoms with E-state index >= 15 is 0 Å². The number of ether oxygens (including phenoxy) is 1. The van der Waals surface area contributed by atoms with E-state index in [1.165, 1.54) is 0 Å². The molecule has 23 heavy (non-hydrogen) atoms. The van der Waals surface area contributed by atoms with Crippen LogP contribution in [0.4, 0.5) is 0 Å². The Balaban J connectivity index is 2.10. The average Bonchev–Trinajstić information content (AvgIpc) is 2.64. The molecule has 2 aromatic carbocycles. The largest absolute Gasteiger partial charge is 0.381 e. The van der Waals surface area contributed by atoms with Crippen molar-refractivity contribution in [2.45, 2.75) is 31.0 Å². The maximum Gasteiger partial charge on any atom is 0.126 e. The Kier molecular flexibility index (Phi) is 4.94. The minimum atomic E-state index is -1.08. The summed E-state index contributed by atoms with van der Waals surface area (Å²) in [4.78, 5) is 0. The van der Waals surface area contributed by atoms with Crippen LogP contribution in [0.5, 0.6) is 0 Å². The van der Waals surface area contributed by atoms with Gasteiger partial charge >= 0.3 is 0 Å². The number of allylic oxidation sites excluding steroid dienone is 1. The van der Waals surface area contributed by atoms with Gasteiger partial charge < -0.3 is 9.84 Å². The van der Waals surface area contributed by atoms with Gasteiger partial charge in [0.1, 0.15) is 11.7 Å². The third-order valence-electron chi connectivity index (χ3n) is 4.79. The number of rotatable bonds is 5. The minimum Gasteiger partial charge on any atom is -0.381 e. The first kappa shape index (κ1) is 16.0. The van der Waals surface area contributed by atoms with Crippen LogP contribution in [0, 0.1) is 5.92 Å². The van der Waals surface area contributed by atoms with Gasteiger partial charge in [-0.05, 0) is 30.4 Å². The lowest BCUT2D eigenvalue weighted by Crippen LogP contribution is -2.42. The second kappa shape index (κ2) is 7.12. The number of methoxy groups -OCH3 is 1. The molecule has 0 heterocycles. The Morgan fingerprint density at radius 1 is 1.04 bits per heavy atom. The summed E-state index contributed by atoms with van der Waals surface area (Å²) in [5.74, 6) is 0.0452. The predicted octanol–water partition coefficient (Wildman–Crippen LogP) is 4.62. The molecule has 2 nitrogen and oxygen atoms in total. The lowest BCUT2D eigenvalue weighted by atomic mass is 9.71. The van der Waals surface area contributed by atoms with E-state index in [1.807, 2.05) is 60.7 Å². The summed E-state index contributed by atoms with van der Waals surface area (Å²) in [5.41, 5.74) is 0.835. The molecule has 0 radical (unpaired) electrons. The standard InChI is InChI=1S/C21H24O2/c1-23-20(17-11-5-2-6-12-17)21(22,18-13-7-3-8-14-18)19-15-9-4-10-16-19/h2-3,5-9,11-15,19-20,22H,4,10,16H2,1H3/t19-,20+,21+/m0/s1.